The van der Waals surface area contributed by atoms with Gasteiger partial charge < -0.3 is 11.5 Å². The molecule has 0 bridgehead atoms. The second-order valence-corrected chi connectivity index (χ2v) is 1.51. The lowest BCUT2D eigenvalue weighted by Crippen LogP contribution is -1.91. The standard InChI is InChI=1S/C5H7N3.2ClH/c6-4-1-2-8-5(7)3-4;;/h1-3H,(H4,6,7,8);2*1H. The maximum Gasteiger partial charge on any atom is 0.125 e. The van der Waals surface area contributed by atoms with E-state index in [1.54, 1.807) is 18.3 Å². The van der Waals surface area contributed by atoms with Crippen LogP contribution >= 0.6 is 24.8 Å². The van der Waals surface area contributed by atoms with Gasteiger partial charge in [0.05, 0.1) is 0 Å². The summed E-state index contributed by atoms with van der Waals surface area (Å²) < 4.78 is 0. The van der Waals surface area contributed by atoms with E-state index in [0.717, 1.165) is 0 Å². The Hall–Kier alpha value is -0.670. The quantitative estimate of drug-likeness (QED) is 0.631. The summed E-state index contributed by atoms with van der Waals surface area (Å²) in [5.74, 6) is 0.463. The predicted molar refractivity (Wildman–Crippen MR) is 47.6 cm³/mol. The summed E-state index contributed by atoms with van der Waals surface area (Å²) in [5, 5.41) is 0. The lowest BCUT2D eigenvalue weighted by molar-refractivity contribution is 1.34. The van der Waals surface area contributed by atoms with E-state index in [4.69, 9.17) is 11.5 Å². The molecule has 0 aromatic carbocycles. The highest BCUT2D eigenvalue weighted by atomic mass is 35.5. The van der Waals surface area contributed by atoms with Crippen molar-refractivity contribution in [1.82, 2.24) is 4.98 Å². The van der Waals surface area contributed by atoms with Gasteiger partial charge in [-0.1, -0.05) is 0 Å². The van der Waals surface area contributed by atoms with Crippen molar-refractivity contribution in [2.75, 3.05) is 11.5 Å². The Morgan fingerprint density at radius 2 is 1.80 bits per heavy atom. The number of halogens is 2. The second-order valence-electron chi connectivity index (χ2n) is 1.51. The molecule has 58 valence electrons. The number of pyridine rings is 1. The van der Waals surface area contributed by atoms with Crippen molar-refractivity contribution in [3.63, 3.8) is 0 Å². The molecule has 0 saturated heterocycles. The first-order valence-electron chi connectivity index (χ1n) is 2.26. The molecule has 0 unspecified atom stereocenters. The van der Waals surface area contributed by atoms with E-state index in [1.165, 1.54) is 0 Å². The number of hydrogen-bond donors (Lipinski definition) is 2. The van der Waals surface area contributed by atoms with Gasteiger partial charge in [-0.3, -0.25) is 0 Å². The number of anilines is 2. The Balaban J connectivity index is 0. The smallest absolute Gasteiger partial charge is 0.125 e. The van der Waals surface area contributed by atoms with E-state index in [0.29, 0.717) is 11.5 Å². The molecule has 4 N–H and O–H groups in total. The summed E-state index contributed by atoms with van der Waals surface area (Å²) in [7, 11) is 0. The minimum Gasteiger partial charge on any atom is -0.399 e. The number of nitrogens with zero attached hydrogens (tertiary/aromatic N) is 1. The van der Waals surface area contributed by atoms with Crippen molar-refractivity contribution >= 4 is 36.3 Å². The average molecular weight is 182 g/mol. The van der Waals surface area contributed by atoms with Crippen molar-refractivity contribution in [3.05, 3.63) is 18.3 Å². The SMILES string of the molecule is Cl.Cl.Nc1ccnc(N)c1. The Morgan fingerprint density at radius 1 is 1.20 bits per heavy atom. The molecule has 1 aromatic rings. The van der Waals surface area contributed by atoms with Crippen LogP contribution in [0.1, 0.15) is 0 Å². The van der Waals surface area contributed by atoms with Gasteiger partial charge in [-0.05, 0) is 6.07 Å². The molecule has 0 aliphatic heterocycles. The van der Waals surface area contributed by atoms with Crippen LogP contribution < -0.4 is 11.5 Å². The van der Waals surface area contributed by atoms with Crippen molar-refractivity contribution < 1.29 is 0 Å². The van der Waals surface area contributed by atoms with Crippen LogP contribution in [0.15, 0.2) is 18.3 Å². The molecular formula is C5H9Cl2N3. The molecule has 5 heteroatoms. The van der Waals surface area contributed by atoms with Gasteiger partial charge in [-0.15, -0.1) is 24.8 Å². The Labute approximate surface area is 71.6 Å². The van der Waals surface area contributed by atoms with E-state index in [1.807, 2.05) is 0 Å². The zero-order valence-corrected chi connectivity index (χ0v) is 6.78. The highest BCUT2D eigenvalue weighted by Gasteiger charge is 1.83. The average Bonchev–Trinajstić information content (AvgIpc) is 1.64. The molecule has 1 rings (SSSR count). The Kier molecular flexibility index (Phi) is 6.20. The monoisotopic (exact) mass is 181 g/mol. The summed E-state index contributed by atoms with van der Waals surface area (Å²) in [6.45, 7) is 0. The normalized spacial score (nSPS) is 7.20. The first-order valence-corrected chi connectivity index (χ1v) is 2.26. The summed E-state index contributed by atoms with van der Waals surface area (Å²) >= 11 is 0. The van der Waals surface area contributed by atoms with Crippen LogP contribution in [0.2, 0.25) is 0 Å². The lowest BCUT2D eigenvalue weighted by Gasteiger charge is -1.90. The molecule has 0 amide bonds. The maximum absolute atomic E-state index is 5.34. The first kappa shape index (κ1) is 12.0. The molecule has 10 heavy (non-hydrogen) atoms. The van der Waals surface area contributed by atoms with Gasteiger partial charge >= 0.3 is 0 Å². The van der Waals surface area contributed by atoms with E-state index >= 15 is 0 Å². The zero-order valence-electron chi connectivity index (χ0n) is 5.15. The van der Waals surface area contributed by atoms with E-state index in [-0.39, 0.29) is 24.8 Å². The summed E-state index contributed by atoms with van der Waals surface area (Å²) in [6.07, 6.45) is 1.57. The number of nitrogen functional groups attached to an aromatic ring is 2. The molecule has 1 aromatic heterocycles. The van der Waals surface area contributed by atoms with Crippen LogP contribution in [0.3, 0.4) is 0 Å². The topological polar surface area (TPSA) is 64.9 Å². The van der Waals surface area contributed by atoms with Crippen molar-refractivity contribution in [2.45, 2.75) is 0 Å². The van der Waals surface area contributed by atoms with Crippen LogP contribution in [0.5, 0.6) is 0 Å². The van der Waals surface area contributed by atoms with Gasteiger partial charge in [0.1, 0.15) is 5.82 Å². The maximum atomic E-state index is 5.34. The van der Waals surface area contributed by atoms with Crippen molar-refractivity contribution in [2.24, 2.45) is 0 Å². The fraction of sp³-hybridized carbons (Fsp3) is 0. The summed E-state index contributed by atoms with van der Waals surface area (Å²) in [6, 6.07) is 3.30. The molecule has 0 saturated carbocycles. The summed E-state index contributed by atoms with van der Waals surface area (Å²) in [5.41, 5.74) is 11.3. The van der Waals surface area contributed by atoms with Gasteiger partial charge in [0.25, 0.3) is 0 Å². The molecule has 0 aliphatic carbocycles. The number of nitrogens with two attached hydrogens (primary N) is 2. The van der Waals surface area contributed by atoms with Crippen LogP contribution in [-0.4, -0.2) is 4.98 Å². The third kappa shape index (κ3) is 3.37. The predicted octanol–water partition coefficient (Wildman–Crippen LogP) is 1.09. The first-order chi connectivity index (χ1) is 3.79. The van der Waals surface area contributed by atoms with E-state index in [2.05, 4.69) is 4.98 Å². The molecule has 0 aliphatic rings. The Morgan fingerprint density at radius 3 is 2.10 bits per heavy atom. The third-order valence-electron chi connectivity index (χ3n) is 0.805. The van der Waals surface area contributed by atoms with Crippen LogP contribution in [0, 0.1) is 0 Å². The van der Waals surface area contributed by atoms with Gasteiger partial charge in [0.15, 0.2) is 0 Å². The van der Waals surface area contributed by atoms with Crippen molar-refractivity contribution in [3.8, 4) is 0 Å². The third-order valence-corrected chi connectivity index (χ3v) is 0.805. The fourth-order valence-corrected chi connectivity index (χ4v) is 0.466. The van der Waals surface area contributed by atoms with E-state index in [9.17, 15) is 0 Å². The van der Waals surface area contributed by atoms with Gasteiger partial charge in [0, 0.05) is 18.0 Å². The number of hydrogen-bond acceptors (Lipinski definition) is 3. The van der Waals surface area contributed by atoms with Gasteiger partial charge in [-0.25, -0.2) is 4.98 Å². The fourth-order valence-electron chi connectivity index (χ4n) is 0.466. The van der Waals surface area contributed by atoms with Crippen LogP contribution in [-0.2, 0) is 0 Å². The van der Waals surface area contributed by atoms with Crippen LogP contribution in [0.25, 0.3) is 0 Å². The molecule has 0 radical (unpaired) electrons. The molecule has 0 atom stereocenters. The zero-order chi connectivity index (χ0) is 5.98. The van der Waals surface area contributed by atoms with Crippen molar-refractivity contribution in [1.29, 1.82) is 0 Å². The number of aromatic nitrogens is 1. The molecule has 0 fully saturated rings. The number of rotatable bonds is 0. The largest absolute Gasteiger partial charge is 0.399 e. The van der Waals surface area contributed by atoms with Gasteiger partial charge in [-0.2, -0.15) is 0 Å². The molecule has 0 spiro atoms. The van der Waals surface area contributed by atoms with Crippen LogP contribution in [0.4, 0.5) is 11.5 Å². The second kappa shape index (κ2) is 5.14. The highest BCUT2D eigenvalue weighted by molar-refractivity contribution is 5.85. The lowest BCUT2D eigenvalue weighted by atomic mass is 10.4. The molecule has 1 heterocycles. The minimum atomic E-state index is 0. The molecule has 3 nitrogen and oxygen atoms in total. The Bertz CT molecular complexity index is 175. The van der Waals surface area contributed by atoms with E-state index < -0.39 is 0 Å². The molecular weight excluding hydrogens is 173 g/mol. The summed E-state index contributed by atoms with van der Waals surface area (Å²) in [4.78, 5) is 3.74. The highest BCUT2D eigenvalue weighted by Crippen LogP contribution is 2.01. The minimum absolute atomic E-state index is 0. The van der Waals surface area contributed by atoms with Gasteiger partial charge in [0.2, 0.25) is 0 Å².